The van der Waals surface area contributed by atoms with Crippen LogP contribution >= 0.6 is 0 Å². The van der Waals surface area contributed by atoms with Gasteiger partial charge in [-0.25, -0.2) is 4.79 Å². The van der Waals surface area contributed by atoms with Gasteiger partial charge < -0.3 is 9.26 Å². The number of hydrogen-bond donors (Lipinski definition) is 0. The Morgan fingerprint density at radius 2 is 2.27 bits per heavy atom. The second-order valence-electron chi connectivity index (χ2n) is 5.62. The molecule has 2 aromatic rings. The molecule has 0 saturated heterocycles. The molecule has 0 aliphatic heterocycles. The van der Waals surface area contributed by atoms with Gasteiger partial charge in [0.15, 0.2) is 0 Å². The Labute approximate surface area is 126 Å². The van der Waals surface area contributed by atoms with E-state index >= 15 is 0 Å². The summed E-state index contributed by atoms with van der Waals surface area (Å²) in [6.07, 6.45) is 3.76. The molecule has 1 heterocycles. The molecule has 7 nitrogen and oxygen atoms in total. The molecular formula is C15H14N2O5. The van der Waals surface area contributed by atoms with Crippen molar-refractivity contribution in [3.05, 3.63) is 58.0 Å². The normalized spacial score (nSPS) is 23.6. The van der Waals surface area contributed by atoms with Gasteiger partial charge in [-0.05, 0) is 18.8 Å². The fourth-order valence-corrected chi connectivity index (χ4v) is 2.89. The first-order chi connectivity index (χ1) is 10.5. The lowest BCUT2D eigenvalue weighted by Crippen LogP contribution is -2.44. The molecule has 1 aromatic heterocycles. The quantitative estimate of drug-likeness (QED) is 0.489. The molecule has 114 valence electrons. The number of esters is 1. The van der Waals surface area contributed by atoms with Gasteiger partial charge in [0.05, 0.1) is 11.1 Å². The standard InChI is InChI=1S/C15H14N2O5/c1-10-6-15(7-10,22-14(18)11-8-16-21-9-11)12-3-2-4-13(5-12)17(19)20/h2-5,8-10H,6-7H2,1H3. The first-order valence-corrected chi connectivity index (χ1v) is 6.88. The van der Waals surface area contributed by atoms with Gasteiger partial charge in [0.25, 0.3) is 5.69 Å². The topological polar surface area (TPSA) is 95.5 Å². The largest absolute Gasteiger partial charge is 0.450 e. The third-order valence-electron chi connectivity index (χ3n) is 3.90. The van der Waals surface area contributed by atoms with Crippen LogP contribution in [0.4, 0.5) is 5.69 Å². The molecule has 0 unspecified atom stereocenters. The Morgan fingerprint density at radius 3 is 2.86 bits per heavy atom. The minimum Gasteiger partial charge on any atom is -0.450 e. The van der Waals surface area contributed by atoms with Crippen LogP contribution < -0.4 is 0 Å². The summed E-state index contributed by atoms with van der Waals surface area (Å²) in [6, 6.07) is 6.24. The lowest BCUT2D eigenvalue weighted by Gasteiger charge is -2.45. The number of nitro groups is 1. The van der Waals surface area contributed by atoms with Gasteiger partial charge in [0, 0.05) is 17.7 Å². The van der Waals surface area contributed by atoms with E-state index in [1.807, 2.05) is 6.92 Å². The van der Waals surface area contributed by atoms with Crippen LogP contribution in [-0.4, -0.2) is 16.0 Å². The van der Waals surface area contributed by atoms with E-state index in [-0.39, 0.29) is 11.3 Å². The Hall–Kier alpha value is -2.70. The van der Waals surface area contributed by atoms with Crippen molar-refractivity contribution in [2.24, 2.45) is 5.92 Å². The van der Waals surface area contributed by atoms with E-state index in [1.165, 1.54) is 24.6 Å². The highest BCUT2D eigenvalue weighted by Crippen LogP contribution is 2.49. The number of non-ortho nitro benzene ring substituents is 1. The zero-order valence-corrected chi connectivity index (χ0v) is 11.9. The highest BCUT2D eigenvalue weighted by molar-refractivity contribution is 5.89. The number of benzene rings is 1. The molecule has 0 amide bonds. The van der Waals surface area contributed by atoms with Gasteiger partial charge in [0.2, 0.25) is 0 Å². The van der Waals surface area contributed by atoms with E-state index in [1.54, 1.807) is 12.1 Å². The lowest BCUT2D eigenvalue weighted by atomic mass is 9.68. The molecule has 1 aliphatic rings. The molecular weight excluding hydrogens is 288 g/mol. The average Bonchev–Trinajstić information content (AvgIpc) is 2.99. The van der Waals surface area contributed by atoms with Gasteiger partial charge >= 0.3 is 5.97 Å². The molecule has 1 aromatic carbocycles. The van der Waals surface area contributed by atoms with E-state index in [4.69, 9.17) is 4.74 Å². The number of rotatable bonds is 4. The maximum absolute atomic E-state index is 12.2. The van der Waals surface area contributed by atoms with Gasteiger partial charge in [-0.1, -0.05) is 24.2 Å². The van der Waals surface area contributed by atoms with E-state index in [9.17, 15) is 14.9 Å². The number of nitrogens with zero attached hydrogens (tertiary/aromatic N) is 2. The average molecular weight is 302 g/mol. The highest BCUT2D eigenvalue weighted by atomic mass is 16.6. The number of carbonyl (C=O) groups excluding carboxylic acids is 1. The van der Waals surface area contributed by atoms with Crippen LogP contribution in [0.1, 0.15) is 35.7 Å². The molecule has 22 heavy (non-hydrogen) atoms. The van der Waals surface area contributed by atoms with Crippen LogP contribution in [0.25, 0.3) is 0 Å². The smallest absolute Gasteiger partial charge is 0.344 e. The van der Waals surface area contributed by atoms with E-state index in [0.29, 0.717) is 24.3 Å². The summed E-state index contributed by atoms with van der Waals surface area (Å²) in [5.74, 6) is -0.158. The summed E-state index contributed by atoms with van der Waals surface area (Å²) >= 11 is 0. The maximum atomic E-state index is 12.2. The Morgan fingerprint density at radius 1 is 1.50 bits per heavy atom. The zero-order valence-electron chi connectivity index (χ0n) is 11.9. The maximum Gasteiger partial charge on any atom is 0.344 e. The van der Waals surface area contributed by atoms with Crippen molar-refractivity contribution >= 4 is 11.7 Å². The van der Waals surface area contributed by atoms with Crippen molar-refractivity contribution in [2.75, 3.05) is 0 Å². The van der Waals surface area contributed by atoms with Gasteiger partial charge in [0.1, 0.15) is 17.4 Å². The van der Waals surface area contributed by atoms with E-state index in [2.05, 4.69) is 9.68 Å². The minimum atomic E-state index is -0.820. The van der Waals surface area contributed by atoms with Crippen molar-refractivity contribution in [3.8, 4) is 0 Å². The van der Waals surface area contributed by atoms with E-state index < -0.39 is 16.5 Å². The number of carbonyl (C=O) groups is 1. The molecule has 1 fully saturated rings. The summed E-state index contributed by atoms with van der Waals surface area (Å²) in [6.45, 7) is 2.04. The minimum absolute atomic E-state index is 0.0162. The predicted molar refractivity (Wildman–Crippen MR) is 75.1 cm³/mol. The summed E-state index contributed by atoms with van der Waals surface area (Å²) < 4.78 is 10.3. The fourth-order valence-electron chi connectivity index (χ4n) is 2.89. The van der Waals surface area contributed by atoms with Gasteiger partial charge in [-0.2, -0.15) is 0 Å². The molecule has 7 heteroatoms. The third kappa shape index (κ3) is 2.45. The SMILES string of the molecule is CC1CC(OC(=O)c2cnoc2)(c2cccc([N+](=O)[O-])c2)C1. The van der Waals surface area contributed by atoms with Crippen molar-refractivity contribution < 1.29 is 19.0 Å². The van der Waals surface area contributed by atoms with Crippen LogP contribution in [0.5, 0.6) is 0 Å². The van der Waals surface area contributed by atoms with Crippen molar-refractivity contribution in [3.63, 3.8) is 0 Å². The first-order valence-electron chi connectivity index (χ1n) is 6.88. The molecule has 0 bridgehead atoms. The van der Waals surface area contributed by atoms with Crippen LogP contribution in [0.3, 0.4) is 0 Å². The number of hydrogen-bond acceptors (Lipinski definition) is 6. The Balaban J connectivity index is 1.90. The number of nitro benzene ring substituents is 1. The summed E-state index contributed by atoms with van der Waals surface area (Å²) in [7, 11) is 0. The Bertz CT molecular complexity index is 704. The second kappa shape index (κ2) is 5.25. The van der Waals surface area contributed by atoms with Crippen molar-refractivity contribution in [2.45, 2.75) is 25.4 Å². The molecule has 1 aliphatic carbocycles. The Kier molecular flexibility index (Phi) is 3.40. The van der Waals surface area contributed by atoms with Crippen LogP contribution in [-0.2, 0) is 10.3 Å². The molecule has 0 radical (unpaired) electrons. The summed E-state index contributed by atoms with van der Waals surface area (Å²) in [5.41, 5.74) is 0.0335. The van der Waals surface area contributed by atoms with Gasteiger partial charge in [-0.15, -0.1) is 0 Å². The third-order valence-corrected chi connectivity index (χ3v) is 3.90. The molecule has 0 spiro atoms. The lowest BCUT2D eigenvalue weighted by molar-refractivity contribution is -0.385. The van der Waals surface area contributed by atoms with Crippen LogP contribution in [0, 0.1) is 16.0 Å². The van der Waals surface area contributed by atoms with E-state index in [0.717, 1.165) is 0 Å². The fraction of sp³-hybridized carbons (Fsp3) is 0.333. The number of aromatic nitrogens is 1. The summed E-state index contributed by atoms with van der Waals surface area (Å²) in [4.78, 5) is 22.6. The zero-order chi connectivity index (χ0) is 15.7. The first kappa shape index (κ1) is 14.2. The molecule has 3 rings (SSSR count). The van der Waals surface area contributed by atoms with Gasteiger partial charge in [-0.3, -0.25) is 10.1 Å². The van der Waals surface area contributed by atoms with Crippen molar-refractivity contribution in [1.29, 1.82) is 0 Å². The number of ether oxygens (including phenoxy) is 1. The second-order valence-corrected chi connectivity index (χ2v) is 5.62. The van der Waals surface area contributed by atoms with Crippen LogP contribution in [0.2, 0.25) is 0 Å². The van der Waals surface area contributed by atoms with Crippen LogP contribution in [0.15, 0.2) is 41.2 Å². The summed E-state index contributed by atoms with van der Waals surface area (Å²) in [5, 5.41) is 14.4. The predicted octanol–water partition coefficient (Wildman–Crippen LogP) is 3.07. The molecule has 1 saturated carbocycles. The van der Waals surface area contributed by atoms with Crippen molar-refractivity contribution in [1.82, 2.24) is 5.16 Å². The highest BCUT2D eigenvalue weighted by Gasteiger charge is 2.47. The molecule has 0 atom stereocenters. The molecule has 0 N–H and O–H groups in total. The monoisotopic (exact) mass is 302 g/mol.